The lowest BCUT2D eigenvalue weighted by molar-refractivity contribution is -0.385. The summed E-state index contributed by atoms with van der Waals surface area (Å²) in [7, 11) is 0. The van der Waals surface area contributed by atoms with E-state index in [4.69, 9.17) is 5.11 Å². The zero-order valence-electron chi connectivity index (χ0n) is 11.5. The number of carbonyl (C=O) groups is 1. The highest BCUT2D eigenvalue weighted by Crippen LogP contribution is 2.33. The van der Waals surface area contributed by atoms with E-state index >= 15 is 0 Å². The zero-order valence-corrected chi connectivity index (χ0v) is 11.5. The molecule has 0 aliphatic carbocycles. The van der Waals surface area contributed by atoms with Gasteiger partial charge in [0, 0.05) is 13.1 Å². The van der Waals surface area contributed by atoms with Crippen LogP contribution in [0.15, 0.2) is 12.1 Å². The molecule has 0 amide bonds. The number of hydrogen-bond acceptors (Lipinski definition) is 5. The second-order valence-corrected chi connectivity index (χ2v) is 5.30. The minimum absolute atomic E-state index is 0.0369. The highest BCUT2D eigenvalue weighted by molar-refractivity contribution is 5.68. The van der Waals surface area contributed by atoms with Gasteiger partial charge in [0.25, 0.3) is 5.69 Å². The van der Waals surface area contributed by atoms with Crippen molar-refractivity contribution in [1.82, 2.24) is 0 Å². The summed E-state index contributed by atoms with van der Waals surface area (Å²) in [5.41, 5.74) is -2.49. The standard InChI is InChI=1S/C13H14F2N2O5/c14-9-5-8(17(21)22)6-10(15)12(9)16-3-1-13(20,2-4-16)7-11(18)19/h5-6,20H,1-4,7H2,(H,18,19). The van der Waals surface area contributed by atoms with Crippen molar-refractivity contribution in [3.05, 3.63) is 33.9 Å². The molecule has 1 aliphatic rings. The van der Waals surface area contributed by atoms with Crippen molar-refractivity contribution in [2.45, 2.75) is 24.9 Å². The van der Waals surface area contributed by atoms with Gasteiger partial charge < -0.3 is 15.1 Å². The number of aliphatic hydroxyl groups is 1. The maximum Gasteiger partial charge on any atom is 0.306 e. The molecule has 9 heteroatoms. The van der Waals surface area contributed by atoms with E-state index in [2.05, 4.69) is 0 Å². The van der Waals surface area contributed by atoms with Crippen LogP contribution in [0.1, 0.15) is 19.3 Å². The Morgan fingerprint density at radius 2 is 1.82 bits per heavy atom. The Balaban J connectivity index is 2.18. The van der Waals surface area contributed by atoms with E-state index in [1.54, 1.807) is 0 Å². The Morgan fingerprint density at radius 1 is 1.32 bits per heavy atom. The third kappa shape index (κ3) is 3.30. The maximum atomic E-state index is 13.9. The normalized spacial score (nSPS) is 17.3. The molecule has 1 saturated heterocycles. The smallest absolute Gasteiger partial charge is 0.306 e. The molecule has 0 radical (unpaired) electrons. The number of anilines is 1. The molecule has 2 rings (SSSR count). The number of carboxylic acid groups (broad SMARTS) is 1. The average Bonchev–Trinajstić information content (AvgIpc) is 2.39. The fourth-order valence-electron chi connectivity index (χ4n) is 2.56. The summed E-state index contributed by atoms with van der Waals surface area (Å²) in [5, 5.41) is 29.4. The summed E-state index contributed by atoms with van der Waals surface area (Å²) in [6, 6.07) is 1.27. The van der Waals surface area contributed by atoms with Crippen molar-refractivity contribution in [2.24, 2.45) is 0 Å². The highest BCUT2D eigenvalue weighted by Gasteiger charge is 2.36. The SMILES string of the molecule is O=C(O)CC1(O)CCN(c2c(F)cc([N+](=O)[O-])cc2F)CC1. The number of nitrogens with zero attached hydrogens (tertiary/aromatic N) is 2. The number of piperidine rings is 1. The molecule has 1 aromatic rings. The molecule has 1 aromatic carbocycles. The molecule has 7 nitrogen and oxygen atoms in total. The van der Waals surface area contributed by atoms with Crippen LogP contribution in [-0.2, 0) is 4.79 Å². The largest absolute Gasteiger partial charge is 0.481 e. The van der Waals surface area contributed by atoms with Gasteiger partial charge in [-0.3, -0.25) is 14.9 Å². The zero-order chi connectivity index (χ0) is 16.5. The summed E-state index contributed by atoms with van der Waals surface area (Å²) in [4.78, 5) is 21.6. The molecule has 0 unspecified atom stereocenters. The molecule has 2 N–H and O–H groups in total. The van der Waals surface area contributed by atoms with Gasteiger partial charge in [0.1, 0.15) is 5.69 Å². The summed E-state index contributed by atoms with van der Waals surface area (Å²) in [6.07, 6.45) is -0.365. The first-order chi connectivity index (χ1) is 10.2. The van der Waals surface area contributed by atoms with Crippen molar-refractivity contribution in [1.29, 1.82) is 0 Å². The first-order valence-electron chi connectivity index (χ1n) is 6.54. The van der Waals surface area contributed by atoms with E-state index in [-0.39, 0.29) is 25.9 Å². The predicted octanol–water partition coefficient (Wildman–Crippen LogP) is 1.68. The molecule has 1 aliphatic heterocycles. The summed E-state index contributed by atoms with van der Waals surface area (Å²) in [6.45, 7) is 0.102. The number of carboxylic acids is 1. The van der Waals surface area contributed by atoms with Crippen molar-refractivity contribution in [3.8, 4) is 0 Å². The maximum absolute atomic E-state index is 13.9. The highest BCUT2D eigenvalue weighted by atomic mass is 19.1. The van der Waals surface area contributed by atoms with E-state index in [9.17, 15) is 28.8 Å². The van der Waals surface area contributed by atoms with Crippen LogP contribution in [0, 0.1) is 21.7 Å². The number of nitro benzene ring substituents is 1. The predicted molar refractivity (Wildman–Crippen MR) is 71.7 cm³/mol. The molecule has 0 bridgehead atoms. The van der Waals surface area contributed by atoms with Crippen LogP contribution in [0.2, 0.25) is 0 Å². The number of nitro groups is 1. The first kappa shape index (κ1) is 16.1. The van der Waals surface area contributed by atoms with Crippen molar-refractivity contribution in [3.63, 3.8) is 0 Å². The Kier molecular flexibility index (Phi) is 4.27. The molecule has 0 atom stereocenters. The Hall–Kier alpha value is -2.29. The minimum Gasteiger partial charge on any atom is -0.481 e. The summed E-state index contributed by atoms with van der Waals surface area (Å²) >= 11 is 0. The molecule has 0 aromatic heterocycles. The van der Waals surface area contributed by atoms with Crippen LogP contribution in [0.25, 0.3) is 0 Å². The van der Waals surface area contributed by atoms with Gasteiger partial charge in [0.05, 0.1) is 29.1 Å². The van der Waals surface area contributed by atoms with Gasteiger partial charge in [0.15, 0.2) is 11.6 Å². The lowest BCUT2D eigenvalue weighted by Gasteiger charge is -2.38. The monoisotopic (exact) mass is 316 g/mol. The van der Waals surface area contributed by atoms with Crippen LogP contribution in [0.4, 0.5) is 20.2 Å². The topological polar surface area (TPSA) is 104 Å². The van der Waals surface area contributed by atoms with Crippen molar-refractivity contribution in [2.75, 3.05) is 18.0 Å². The van der Waals surface area contributed by atoms with Gasteiger partial charge in [-0.05, 0) is 12.8 Å². The Labute approximate surface area is 123 Å². The average molecular weight is 316 g/mol. The van der Waals surface area contributed by atoms with E-state index in [0.29, 0.717) is 12.1 Å². The molecular formula is C13H14F2N2O5. The number of halogens is 2. The lowest BCUT2D eigenvalue weighted by Crippen LogP contribution is -2.46. The second-order valence-electron chi connectivity index (χ2n) is 5.30. The van der Waals surface area contributed by atoms with E-state index in [1.807, 2.05) is 0 Å². The van der Waals surface area contributed by atoms with E-state index < -0.39 is 45.9 Å². The van der Waals surface area contributed by atoms with Crippen molar-refractivity contribution < 1.29 is 28.7 Å². The van der Waals surface area contributed by atoms with E-state index in [1.165, 1.54) is 4.90 Å². The molecular weight excluding hydrogens is 302 g/mol. The Morgan fingerprint density at radius 3 is 2.23 bits per heavy atom. The summed E-state index contributed by atoms with van der Waals surface area (Å²) < 4.78 is 27.8. The van der Waals surface area contributed by atoms with Crippen LogP contribution in [0.3, 0.4) is 0 Å². The number of hydrogen-bond donors (Lipinski definition) is 2. The summed E-state index contributed by atoms with van der Waals surface area (Å²) in [5.74, 6) is -3.27. The first-order valence-corrected chi connectivity index (χ1v) is 6.54. The third-order valence-corrected chi connectivity index (χ3v) is 3.70. The molecule has 0 spiro atoms. The fourth-order valence-corrected chi connectivity index (χ4v) is 2.56. The van der Waals surface area contributed by atoms with Crippen LogP contribution >= 0.6 is 0 Å². The lowest BCUT2D eigenvalue weighted by atomic mass is 9.88. The quantitative estimate of drug-likeness (QED) is 0.647. The molecule has 120 valence electrons. The van der Waals surface area contributed by atoms with Crippen LogP contribution in [0.5, 0.6) is 0 Å². The number of benzene rings is 1. The molecule has 1 heterocycles. The van der Waals surface area contributed by atoms with Gasteiger partial charge >= 0.3 is 5.97 Å². The fraction of sp³-hybridized carbons (Fsp3) is 0.462. The number of aliphatic carboxylic acids is 1. The van der Waals surface area contributed by atoms with Crippen molar-refractivity contribution >= 4 is 17.3 Å². The Bertz CT molecular complexity index is 591. The molecule has 22 heavy (non-hydrogen) atoms. The second kappa shape index (κ2) is 5.84. The molecule has 0 saturated carbocycles. The van der Waals surface area contributed by atoms with Gasteiger partial charge in [0.2, 0.25) is 0 Å². The number of non-ortho nitro benzene ring substituents is 1. The van der Waals surface area contributed by atoms with Gasteiger partial charge in [-0.1, -0.05) is 0 Å². The van der Waals surface area contributed by atoms with E-state index in [0.717, 1.165) is 0 Å². The van der Waals surface area contributed by atoms with Gasteiger partial charge in [-0.2, -0.15) is 0 Å². The van der Waals surface area contributed by atoms with Gasteiger partial charge in [-0.15, -0.1) is 0 Å². The minimum atomic E-state index is -1.41. The molecule has 1 fully saturated rings. The number of rotatable bonds is 4. The van der Waals surface area contributed by atoms with Crippen LogP contribution in [-0.4, -0.2) is 39.8 Å². The van der Waals surface area contributed by atoms with Crippen LogP contribution < -0.4 is 4.90 Å². The third-order valence-electron chi connectivity index (χ3n) is 3.70. The van der Waals surface area contributed by atoms with Gasteiger partial charge in [-0.25, -0.2) is 8.78 Å².